The van der Waals surface area contributed by atoms with Gasteiger partial charge < -0.3 is 0 Å². The van der Waals surface area contributed by atoms with Gasteiger partial charge in [-0.05, 0) is 12.1 Å². The van der Waals surface area contributed by atoms with Crippen molar-refractivity contribution >= 4 is 22.6 Å². The van der Waals surface area contributed by atoms with Crippen molar-refractivity contribution in [1.82, 2.24) is 4.98 Å². The Morgan fingerprint density at radius 2 is 2.30 bits per heavy atom. The highest BCUT2D eigenvalue weighted by molar-refractivity contribution is 6.34. The standard InChI is InChI=1S/C7H5ClN2/c8-6-2-4-10-7-5(6)1-3-9-7/h1-4H,(H,9,10)/p+1. The third-order valence-electron chi connectivity index (χ3n) is 1.46. The van der Waals surface area contributed by atoms with Crippen LogP contribution in [0, 0.1) is 0 Å². The van der Waals surface area contributed by atoms with Crippen molar-refractivity contribution in [1.29, 1.82) is 0 Å². The zero-order chi connectivity index (χ0) is 6.97. The number of hydrogen-bond donors (Lipinski definition) is 1. The Hall–Kier alpha value is -1.02. The summed E-state index contributed by atoms with van der Waals surface area (Å²) in [6.45, 7) is 0. The Morgan fingerprint density at radius 1 is 1.40 bits per heavy atom. The normalized spacial score (nSPS) is 10.5. The molecule has 0 radical (unpaired) electrons. The van der Waals surface area contributed by atoms with Gasteiger partial charge in [-0.15, -0.1) is 0 Å². The number of nitrogens with one attached hydrogen (secondary N) is 2. The predicted molar refractivity (Wildman–Crippen MR) is 39.9 cm³/mol. The molecule has 0 bridgehead atoms. The molecular formula is C7H6ClN2+. The maximum atomic E-state index is 5.86. The van der Waals surface area contributed by atoms with Crippen molar-refractivity contribution in [2.75, 3.05) is 0 Å². The monoisotopic (exact) mass is 153 g/mol. The lowest BCUT2D eigenvalue weighted by Crippen LogP contribution is -2.00. The number of aromatic nitrogens is 2. The largest absolute Gasteiger partial charge is 0.285 e. The molecule has 0 aromatic carbocycles. The molecule has 0 aliphatic rings. The van der Waals surface area contributed by atoms with Gasteiger partial charge in [0.05, 0.1) is 22.8 Å². The average molecular weight is 154 g/mol. The van der Waals surface area contributed by atoms with Crippen molar-refractivity contribution in [2.24, 2.45) is 0 Å². The fraction of sp³-hybridized carbons (Fsp3) is 0. The highest BCUT2D eigenvalue weighted by Crippen LogP contribution is 2.17. The van der Waals surface area contributed by atoms with Gasteiger partial charge in [0.15, 0.2) is 0 Å². The first-order valence-corrected chi connectivity index (χ1v) is 3.39. The third kappa shape index (κ3) is 0.693. The first-order valence-electron chi connectivity index (χ1n) is 3.01. The molecule has 2 N–H and O–H groups in total. The molecule has 2 aromatic heterocycles. The molecule has 10 heavy (non-hydrogen) atoms. The van der Waals surface area contributed by atoms with Gasteiger partial charge in [-0.3, -0.25) is 0 Å². The lowest BCUT2D eigenvalue weighted by atomic mass is 10.3. The van der Waals surface area contributed by atoms with E-state index < -0.39 is 0 Å². The lowest BCUT2D eigenvalue weighted by Gasteiger charge is -1.84. The number of fused-ring (bicyclic) bond motifs is 1. The average Bonchev–Trinajstić information content (AvgIpc) is 2.36. The van der Waals surface area contributed by atoms with Crippen molar-refractivity contribution in [3.05, 3.63) is 29.5 Å². The summed E-state index contributed by atoms with van der Waals surface area (Å²) in [5.74, 6) is 0. The number of aromatic amines is 2. The van der Waals surface area contributed by atoms with Gasteiger partial charge in [-0.25, -0.2) is 9.97 Å². The zero-order valence-corrected chi connectivity index (χ0v) is 5.94. The highest BCUT2D eigenvalue weighted by atomic mass is 35.5. The van der Waals surface area contributed by atoms with Crippen LogP contribution in [0.3, 0.4) is 0 Å². The van der Waals surface area contributed by atoms with Crippen molar-refractivity contribution in [3.63, 3.8) is 0 Å². The van der Waals surface area contributed by atoms with Crippen LogP contribution in [0.1, 0.15) is 0 Å². The second-order valence-corrected chi connectivity index (χ2v) is 2.50. The minimum atomic E-state index is 0.773. The summed E-state index contributed by atoms with van der Waals surface area (Å²) in [6, 6.07) is 3.77. The SMILES string of the molecule is Clc1cc[nH+]c2[nH]ccc12. The van der Waals surface area contributed by atoms with E-state index >= 15 is 0 Å². The lowest BCUT2D eigenvalue weighted by molar-refractivity contribution is -0.347. The van der Waals surface area contributed by atoms with Gasteiger partial charge in [0.1, 0.15) is 0 Å². The summed E-state index contributed by atoms with van der Waals surface area (Å²) < 4.78 is 0. The van der Waals surface area contributed by atoms with Crippen LogP contribution in [-0.2, 0) is 0 Å². The first kappa shape index (κ1) is 5.74. The quantitative estimate of drug-likeness (QED) is 0.597. The Morgan fingerprint density at radius 3 is 3.10 bits per heavy atom. The van der Waals surface area contributed by atoms with E-state index in [1.54, 1.807) is 6.20 Å². The van der Waals surface area contributed by atoms with Crippen LogP contribution in [0.15, 0.2) is 24.5 Å². The van der Waals surface area contributed by atoms with Crippen LogP contribution >= 0.6 is 11.6 Å². The van der Waals surface area contributed by atoms with Gasteiger partial charge in [0, 0.05) is 0 Å². The second-order valence-electron chi connectivity index (χ2n) is 2.09. The Labute approximate surface area is 62.8 Å². The number of H-pyrrole nitrogens is 2. The minimum absolute atomic E-state index is 0.773. The van der Waals surface area contributed by atoms with Crippen molar-refractivity contribution in [3.8, 4) is 0 Å². The van der Waals surface area contributed by atoms with Crippen LogP contribution in [-0.4, -0.2) is 4.98 Å². The Bertz CT molecular complexity index is 353. The molecule has 0 spiro atoms. The summed E-state index contributed by atoms with van der Waals surface area (Å²) in [5.41, 5.74) is 0.965. The van der Waals surface area contributed by atoms with Gasteiger partial charge >= 0.3 is 0 Å². The maximum Gasteiger partial charge on any atom is 0.285 e. The molecule has 3 heteroatoms. The Balaban J connectivity index is 2.95. The summed E-state index contributed by atoms with van der Waals surface area (Å²) in [6.07, 6.45) is 3.66. The fourth-order valence-electron chi connectivity index (χ4n) is 0.976. The molecule has 0 amide bonds. The van der Waals surface area contributed by atoms with Gasteiger partial charge in [-0.2, -0.15) is 0 Å². The third-order valence-corrected chi connectivity index (χ3v) is 1.79. The molecule has 0 fully saturated rings. The van der Waals surface area contributed by atoms with E-state index in [2.05, 4.69) is 9.97 Å². The predicted octanol–water partition coefficient (Wildman–Crippen LogP) is 1.64. The van der Waals surface area contributed by atoms with Gasteiger partial charge in [0.2, 0.25) is 0 Å². The van der Waals surface area contributed by atoms with E-state index in [1.807, 2.05) is 18.3 Å². The van der Waals surface area contributed by atoms with Crippen molar-refractivity contribution < 1.29 is 4.98 Å². The zero-order valence-electron chi connectivity index (χ0n) is 5.19. The molecule has 0 aliphatic heterocycles. The van der Waals surface area contributed by atoms with E-state index in [1.165, 1.54) is 0 Å². The summed E-state index contributed by atoms with van der Waals surface area (Å²) in [5, 5.41) is 1.80. The second kappa shape index (κ2) is 1.99. The van der Waals surface area contributed by atoms with Crippen LogP contribution in [0.4, 0.5) is 0 Å². The van der Waals surface area contributed by atoms with Crippen molar-refractivity contribution in [2.45, 2.75) is 0 Å². The molecule has 0 saturated heterocycles. The minimum Gasteiger partial charge on any atom is -0.247 e. The number of rotatable bonds is 0. The molecular weight excluding hydrogens is 148 g/mol. The van der Waals surface area contributed by atoms with E-state index in [-0.39, 0.29) is 0 Å². The topological polar surface area (TPSA) is 29.9 Å². The number of pyridine rings is 1. The van der Waals surface area contributed by atoms with Crippen LogP contribution in [0.2, 0.25) is 5.02 Å². The fourth-order valence-corrected chi connectivity index (χ4v) is 1.20. The molecule has 2 rings (SSSR count). The van der Waals surface area contributed by atoms with Crippen LogP contribution in [0.5, 0.6) is 0 Å². The molecule has 0 unspecified atom stereocenters. The van der Waals surface area contributed by atoms with E-state index in [0.717, 1.165) is 16.1 Å². The summed E-state index contributed by atoms with van der Waals surface area (Å²) >= 11 is 5.86. The molecule has 2 aromatic rings. The molecule has 50 valence electrons. The number of halogens is 1. The van der Waals surface area contributed by atoms with Gasteiger partial charge in [0.25, 0.3) is 5.65 Å². The molecule has 0 aliphatic carbocycles. The summed E-state index contributed by atoms with van der Waals surface area (Å²) in [4.78, 5) is 6.05. The van der Waals surface area contributed by atoms with E-state index in [0.29, 0.717) is 0 Å². The van der Waals surface area contributed by atoms with E-state index in [4.69, 9.17) is 11.6 Å². The number of hydrogen-bond acceptors (Lipinski definition) is 0. The molecule has 0 atom stereocenters. The van der Waals surface area contributed by atoms with Crippen LogP contribution in [0.25, 0.3) is 11.0 Å². The maximum absolute atomic E-state index is 5.86. The van der Waals surface area contributed by atoms with Crippen LogP contribution < -0.4 is 4.98 Å². The van der Waals surface area contributed by atoms with Gasteiger partial charge in [-0.1, -0.05) is 11.6 Å². The first-order chi connectivity index (χ1) is 4.88. The molecule has 2 heterocycles. The highest BCUT2D eigenvalue weighted by Gasteiger charge is 2.02. The molecule has 0 saturated carbocycles. The summed E-state index contributed by atoms with van der Waals surface area (Å²) in [7, 11) is 0. The van der Waals surface area contributed by atoms with E-state index in [9.17, 15) is 0 Å². The smallest absolute Gasteiger partial charge is 0.247 e. The molecule has 2 nitrogen and oxygen atoms in total. The Kier molecular flexibility index (Phi) is 1.14.